The lowest BCUT2D eigenvalue weighted by atomic mass is 10.2. The van der Waals surface area contributed by atoms with Crippen molar-refractivity contribution in [1.29, 1.82) is 0 Å². The third-order valence-corrected chi connectivity index (χ3v) is 3.01. The average Bonchev–Trinajstić information content (AvgIpc) is 2.97. The molecule has 21 heavy (non-hydrogen) atoms. The highest BCUT2D eigenvalue weighted by Gasteiger charge is 2.16. The molecular formula is C15H19N3O3. The summed E-state index contributed by atoms with van der Waals surface area (Å²) in [6.07, 6.45) is 1.29. The third kappa shape index (κ3) is 3.81. The number of nitrogens with zero attached hydrogens (tertiary/aromatic N) is 2. The van der Waals surface area contributed by atoms with Crippen LogP contribution in [0.15, 0.2) is 28.8 Å². The number of methoxy groups -OCH3 is 1. The van der Waals surface area contributed by atoms with Crippen LogP contribution < -0.4 is 10.1 Å². The summed E-state index contributed by atoms with van der Waals surface area (Å²) in [6.45, 7) is 3.78. The van der Waals surface area contributed by atoms with Crippen LogP contribution in [-0.2, 0) is 4.79 Å². The van der Waals surface area contributed by atoms with Crippen molar-refractivity contribution in [1.82, 2.24) is 15.5 Å². The smallest absolute Gasteiger partial charge is 0.249 e. The van der Waals surface area contributed by atoms with Gasteiger partial charge in [-0.15, -0.1) is 0 Å². The van der Waals surface area contributed by atoms with Gasteiger partial charge < -0.3 is 14.6 Å². The molecule has 0 saturated heterocycles. The molecule has 1 unspecified atom stereocenters. The molecule has 2 aromatic rings. The molecule has 6 heteroatoms. The van der Waals surface area contributed by atoms with Gasteiger partial charge in [0.25, 0.3) is 0 Å². The minimum Gasteiger partial charge on any atom is -0.497 e. The highest BCUT2D eigenvalue weighted by atomic mass is 16.5. The molecule has 1 aromatic carbocycles. The van der Waals surface area contributed by atoms with Gasteiger partial charge in [-0.05, 0) is 37.6 Å². The van der Waals surface area contributed by atoms with Crippen molar-refractivity contribution in [3.63, 3.8) is 0 Å². The Balaban J connectivity index is 2.07. The fraction of sp³-hybridized carbons (Fsp3) is 0.400. The lowest BCUT2D eigenvalue weighted by Gasteiger charge is -2.08. The first-order valence-electron chi connectivity index (χ1n) is 6.91. The molecule has 1 amide bonds. The minimum atomic E-state index is -0.302. The van der Waals surface area contributed by atoms with Crippen molar-refractivity contribution < 1.29 is 14.1 Å². The molecule has 1 heterocycles. The zero-order valence-electron chi connectivity index (χ0n) is 12.4. The quantitative estimate of drug-likeness (QED) is 0.884. The number of hydrogen-bond acceptors (Lipinski definition) is 5. The molecule has 1 N–H and O–H groups in total. The maximum atomic E-state index is 11.6. The van der Waals surface area contributed by atoms with Gasteiger partial charge in [0, 0.05) is 12.0 Å². The summed E-state index contributed by atoms with van der Waals surface area (Å²) in [5, 5.41) is 6.76. The molecule has 0 aliphatic carbocycles. The largest absolute Gasteiger partial charge is 0.497 e. The molecule has 0 bridgehead atoms. The van der Waals surface area contributed by atoms with E-state index in [0.29, 0.717) is 18.1 Å². The second-order valence-electron chi connectivity index (χ2n) is 4.72. The number of ether oxygens (including phenoxy) is 1. The molecule has 0 saturated carbocycles. The Morgan fingerprint density at radius 3 is 2.71 bits per heavy atom. The molecule has 6 nitrogen and oxygen atoms in total. The standard InChI is InChI=1S/C15H19N3O3/c1-4-5-13(19)16-10(2)15-17-14(18-21-15)11-6-8-12(20-3)9-7-11/h6-10H,4-5H2,1-3H3,(H,16,19). The zero-order valence-corrected chi connectivity index (χ0v) is 12.4. The van der Waals surface area contributed by atoms with Crippen LogP contribution in [0.2, 0.25) is 0 Å². The SMILES string of the molecule is CCCC(=O)NC(C)c1nc(-c2ccc(OC)cc2)no1. The Morgan fingerprint density at radius 2 is 2.10 bits per heavy atom. The van der Waals surface area contributed by atoms with Gasteiger partial charge >= 0.3 is 0 Å². The molecule has 0 radical (unpaired) electrons. The van der Waals surface area contributed by atoms with Crippen molar-refractivity contribution in [2.45, 2.75) is 32.7 Å². The molecule has 0 aliphatic rings. The van der Waals surface area contributed by atoms with Gasteiger partial charge in [-0.25, -0.2) is 0 Å². The number of carbonyl (C=O) groups excluding carboxylic acids is 1. The van der Waals surface area contributed by atoms with E-state index in [1.807, 2.05) is 38.1 Å². The molecule has 0 fully saturated rings. The fourth-order valence-electron chi connectivity index (χ4n) is 1.87. The van der Waals surface area contributed by atoms with Crippen LogP contribution in [0, 0.1) is 0 Å². The fourth-order valence-corrected chi connectivity index (χ4v) is 1.87. The van der Waals surface area contributed by atoms with Crippen molar-refractivity contribution in [3.8, 4) is 17.1 Å². The summed E-state index contributed by atoms with van der Waals surface area (Å²) in [6, 6.07) is 7.07. The van der Waals surface area contributed by atoms with E-state index in [2.05, 4.69) is 15.5 Å². The van der Waals surface area contributed by atoms with Gasteiger partial charge in [0.2, 0.25) is 17.6 Å². The van der Waals surface area contributed by atoms with E-state index in [1.165, 1.54) is 0 Å². The van der Waals surface area contributed by atoms with Crippen molar-refractivity contribution in [2.75, 3.05) is 7.11 Å². The highest BCUT2D eigenvalue weighted by Crippen LogP contribution is 2.21. The number of aromatic nitrogens is 2. The topological polar surface area (TPSA) is 77.2 Å². The van der Waals surface area contributed by atoms with Crippen LogP contribution in [0.4, 0.5) is 0 Å². The molecular weight excluding hydrogens is 270 g/mol. The van der Waals surface area contributed by atoms with E-state index in [-0.39, 0.29) is 11.9 Å². The molecule has 0 aliphatic heterocycles. The summed E-state index contributed by atoms with van der Waals surface area (Å²) in [5.41, 5.74) is 0.831. The second-order valence-corrected chi connectivity index (χ2v) is 4.72. The summed E-state index contributed by atoms with van der Waals surface area (Å²) < 4.78 is 10.3. The van der Waals surface area contributed by atoms with Crippen molar-refractivity contribution in [2.24, 2.45) is 0 Å². The Hall–Kier alpha value is -2.37. The molecule has 1 aromatic heterocycles. The maximum absolute atomic E-state index is 11.6. The summed E-state index contributed by atoms with van der Waals surface area (Å²) >= 11 is 0. The van der Waals surface area contributed by atoms with E-state index in [0.717, 1.165) is 17.7 Å². The number of nitrogens with one attached hydrogen (secondary N) is 1. The van der Waals surface area contributed by atoms with Crippen LogP contribution in [0.5, 0.6) is 5.75 Å². The summed E-state index contributed by atoms with van der Waals surface area (Å²) in [4.78, 5) is 15.9. The number of rotatable bonds is 6. The molecule has 2 rings (SSSR count). The normalized spacial score (nSPS) is 12.0. The van der Waals surface area contributed by atoms with Crippen LogP contribution in [-0.4, -0.2) is 23.2 Å². The Kier molecular flexibility index (Phi) is 4.92. The number of hydrogen-bond donors (Lipinski definition) is 1. The number of benzene rings is 1. The monoisotopic (exact) mass is 289 g/mol. The lowest BCUT2D eigenvalue weighted by molar-refractivity contribution is -0.121. The van der Waals surface area contributed by atoms with Gasteiger partial charge in [-0.1, -0.05) is 12.1 Å². The van der Waals surface area contributed by atoms with Gasteiger partial charge in [-0.2, -0.15) is 4.98 Å². The van der Waals surface area contributed by atoms with Crippen LogP contribution in [0.1, 0.15) is 38.6 Å². The summed E-state index contributed by atoms with van der Waals surface area (Å²) in [7, 11) is 1.61. The van der Waals surface area contributed by atoms with Crippen molar-refractivity contribution in [3.05, 3.63) is 30.2 Å². The Bertz CT molecular complexity index is 592. The first-order chi connectivity index (χ1) is 10.1. The Morgan fingerprint density at radius 1 is 1.38 bits per heavy atom. The van der Waals surface area contributed by atoms with Crippen LogP contribution >= 0.6 is 0 Å². The second kappa shape index (κ2) is 6.88. The number of carbonyl (C=O) groups is 1. The van der Waals surface area contributed by atoms with Crippen molar-refractivity contribution >= 4 is 5.91 Å². The predicted molar refractivity (Wildman–Crippen MR) is 77.8 cm³/mol. The first-order valence-corrected chi connectivity index (χ1v) is 6.91. The molecule has 0 spiro atoms. The lowest BCUT2D eigenvalue weighted by Crippen LogP contribution is -2.26. The molecule has 112 valence electrons. The summed E-state index contributed by atoms with van der Waals surface area (Å²) in [5.74, 6) is 1.63. The minimum absolute atomic E-state index is 0.0193. The zero-order chi connectivity index (χ0) is 15.2. The van der Waals surface area contributed by atoms with Gasteiger partial charge in [0.05, 0.1) is 7.11 Å². The number of amides is 1. The van der Waals surface area contributed by atoms with Gasteiger partial charge in [0.15, 0.2) is 0 Å². The average molecular weight is 289 g/mol. The Labute approximate surface area is 123 Å². The first kappa shape index (κ1) is 15.0. The van der Waals surface area contributed by atoms with Gasteiger partial charge in [-0.3, -0.25) is 4.79 Å². The van der Waals surface area contributed by atoms with Gasteiger partial charge in [0.1, 0.15) is 11.8 Å². The van der Waals surface area contributed by atoms with E-state index in [9.17, 15) is 4.79 Å². The maximum Gasteiger partial charge on any atom is 0.249 e. The van der Waals surface area contributed by atoms with E-state index < -0.39 is 0 Å². The highest BCUT2D eigenvalue weighted by molar-refractivity contribution is 5.76. The van der Waals surface area contributed by atoms with E-state index >= 15 is 0 Å². The van der Waals surface area contributed by atoms with E-state index in [1.54, 1.807) is 7.11 Å². The van der Waals surface area contributed by atoms with Crippen LogP contribution in [0.25, 0.3) is 11.4 Å². The third-order valence-electron chi connectivity index (χ3n) is 3.01. The predicted octanol–water partition coefficient (Wildman–Crippen LogP) is 2.72. The molecule has 1 atom stereocenters. The van der Waals surface area contributed by atoms with E-state index in [4.69, 9.17) is 9.26 Å². The van der Waals surface area contributed by atoms with Crippen LogP contribution in [0.3, 0.4) is 0 Å².